The molecule has 0 aromatic rings. The van der Waals surface area contributed by atoms with Crippen molar-refractivity contribution in [1.29, 1.82) is 0 Å². The van der Waals surface area contributed by atoms with Crippen LogP contribution < -0.4 is 0 Å². The Balaban J connectivity index is 4.33. The summed E-state index contributed by atoms with van der Waals surface area (Å²) in [6.07, 6.45) is 45.1. The normalized spacial score (nSPS) is 12.5. The summed E-state index contributed by atoms with van der Waals surface area (Å²) < 4.78 is 16.8. The molecule has 0 aliphatic rings. The fraction of sp³-hybridized carbons (Fsp3) is 0.942. The quantitative estimate of drug-likeness (QED) is 0.0346. The van der Waals surface area contributed by atoms with Gasteiger partial charge in [-0.1, -0.05) is 247 Å². The molecule has 1 unspecified atom stereocenters. The van der Waals surface area contributed by atoms with E-state index in [-0.39, 0.29) is 31.1 Å². The Morgan fingerprint density at radius 2 is 0.655 bits per heavy atom. The number of unbranched alkanes of at least 4 members (excludes halogenated alkanes) is 30. The molecule has 0 N–H and O–H groups in total. The molecule has 58 heavy (non-hydrogen) atoms. The van der Waals surface area contributed by atoms with Gasteiger partial charge in [0, 0.05) is 19.3 Å². The molecular weight excluding hydrogens is 721 g/mol. The molecule has 6 heteroatoms. The summed E-state index contributed by atoms with van der Waals surface area (Å²) in [4.78, 5) is 37.9. The maximum absolute atomic E-state index is 12.8. The lowest BCUT2D eigenvalue weighted by atomic mass is 9.99. The standard InChI is InChI=1S/C52H100O6/c1-6-8-9-10-11-12-13-14-18-21-27-32-37-42-50(53)56-45-49(46-57-51(54)43-38-33-28-24-23-26-31-36-41-48(5)7-2)58-52(55)44-39-34-29-22-19-16-15-17-20-25-30-35-40-47(3)4/h47-49H,6-46H2,1-5H3/t48?,49-/m1/s1. The van der Waals surface area contributed by atoms with E-state index in [2.05, 4.69) is 34.6 Å². The van der Waals surface area contributed by atoms with Gasteiger partial charge in [0.05, 0.1) is 0 Å². The third kappa shape index (κ3) is 44.0. The second-order valence-corrected chi connectivity index (χ2v) is 18.5. The summed E-state index contributed by atoms with van der Waals surface area (Å²) in [5.74, 6) is 0.831. The number of esters is 3. The first kappa shape index (κ1) is 56.4. The van der Waals surface area contributed by atoms with Crippen molar-refractivity contribution in [3.8, 4) is 0 Å². The SMILES string of the molecule is CCCCCCCCCCCCCCCC(=O)OC[C@H](COC(=O)CCCCCCCCCCC(C)CC)OC(=O)CCCCCCCCCCCCCCC(C)C. The molecule has 0 aliphatic heterocycles. The Morgan fingerprint density at radius 3 is 0.983 bits per heavy atom. The number of hydrogen-bond acceptors (Lipinski definition) is 6. The Morgan fingerprint density at radius 1 is 0.362 bits per heavy atom. The van der Waals surface area contributed by atoms with Crippen LogP contribution >= 0.6 is 0 Å². The minimum Gasteiger partial charge on any atom is -0.462 e. The van der Waals surface area contributed by atoms with Crippen LogP contribution in [0.4, 0.5) is 0 Å². The van der Waals surface area contributed by atoms with Crippen LogP contribution in [0.25, 0.3) is 0 Å². The third-order valence-corrected chi connectivity index (χ3v) is 12.1. The maximum Gasteiger partial charge on any atom is 0.306 e. The Bertz CT molecular complexity index is 887. The lowest BCUT2D eigenvalue weighted by molar-refractivity contribution is -0.167. The zero-order valence-corrected chi connectivity index (χ0v) is 39.7. The molecule has 0 aromatic carbocycles. The predicted octanol–water partition coefficient (Wildman–Crippen LogP) is 16.5. The zero-order valence-electron chi connectivity index (χ0n) is 39.7. The van der Waals surface area contributed by atoms with Gasteiger partial charge in [-0.3, -0.25) is 14.4 Å². The fourth-order valence-corrected chi connectivity index (χ4v) is 7.78. The predicted molar refractivity (Wildman–Crippen MR) is 247 cm³/mol. The molecule has 0 fully saturated rings. The average molecular weight is 821 g/mol. The topological polar surface area (TPSA) is 78.9 Å². The van der Waals surface area contributed by atoms with E-state index in [1.807, 2.05) is 0 Å². The highest BCUT2D eigenvalue weighted by atomic mass is 16.6. The first-order valence-corrected chi connectivity index (χ1v) is 25.8. The summed E-state index contributed by atoms with van der Waals surface area (Å²) in [6.45, 7) is 11.4. The van der Waals surface area contributed by atoms with E-state index in [1.54, 1.807) is 0 Å². The van der Waals surface area contributed by atoms with E-state index in [0.29, 0.717) is 19.3 Å². The highest BCUT2D eigenvalue weighted by molar-refractivity contribution is 5.71. The average Bonchev–Trinajstić information content (AvgIpc) is 3.21. The number of ether oxygens (including phenoxy) is 3. The highest BCUT2D eigenvalue weighted by Gasteiger charge is 2.19. The minimum atomic E-state index is -0.762. The summed E-state index contributed by atoms with van der Waals surface area (Å²) in [7, 11) is 0. The van der Waals surface area contributed by atoms with Crippen molar-refractivity contribution >= 4 is 17.9 Å². The second kappa shape index (κ2) is 44.9. The van der Waals surface area contributed by atoms with Crippen LogP contribution in [0.1, 0.15) is 285 Å². The van der Waals surface area contributed by atoms with Gasteiger partial charge >= 0.3 is 17.9 Å². The van der Waals surface area contributed by atoms with Crippen LogP contribution in [0.2, 0.25) is 0 Å². The second-order valence-electron chi connectivity index (χ2n) is 18.5. The molecule has 0 aliphatic carbocycles. The number of rotatable bonds is 46. The van der Waals surface area contributed by atoms with Crippen LogP contribution in [-0.4, -0.2) is 37.2 Å². The largest absolute Gasteiger partial charge is 0.462 e. The van der Waals surface area contributed by atoms with Gasteiger partial charge in [0.25, 0.3) is 0 Å². The minimum absolute atomic E-state index is 0.0639. The van der Waals surface area contributed by atoms with Gasteiger partial charge in [-0.2, -0.15) is 0 Å². The summed E-state index contributed by atoms with van der Waals surface area (Å²) >= 11 is 0. The van der Waals surface area contributed by atoms with Crippen molar-refractivity contribution in [1.82, 2.24) is 0 Å². The van der Waals surface area contributed by atoms with Gasteiger partial charge in [-0.05, 0) is 31.1 Å². The van der Waals surface area contributed by atoms with Gasteiger partial charge in [-0.15, -0.1) is 0 Å². The summed E-state index contributed by atoms with van der Waals surface area (Å²) in [5.41, 5.74) is 0. The number of carbonyl (C=O) groups excluding carboxylic acids is 3. The Hall–Kier alpha value is -1.59. The van der Waals surface area contributed by atoms with E-state index in [0.717, 1.165) is 69.6 Å². The lowest BCUT2D eigenvalue weighted by Crippen LogP contribution is -2.30. The maximum atomic E-state index is 12.8. The first-order chi connectivity index (χ1) is 28.3. The van der Waals surface area contributed by atoms with Crippen LogP contribution in [0, 0.1) is 11.8 Å². The fourth-order valence-electron chi connectivity index (χ4n) is 7.78. The molecule has 0 heterocycles. The number of hydrogen-bond donors (Lipinski definition) is 0. The molecule has 0 bridgehead atoms. The van der Waals surface area contributed by atoms with Gasteiger partial charge in [-0.25, -0.2) is 0 Å². The van der Waals surface area contributed by atoms with Crippen molar-refractivity contribution in [3.05, 3.63) is 0 Å². The van der Waals surface area contributed by atoms with E-state index in [9.17, 15) is 14.4 Å². The van der Waals surface area contributed by atoms with Crippen molar-refractivity contribution in [2.75, 3.05) is 13.2 Å². The molecule has 2 atom stereocenters. The summed E-state index contributed by atoms with van der Waals surface area (Å²) in [5, 5.41) is 0. The Labute approximate surface area is 361 Å². The van der Waals surface area contributed by atoms with Crippen LogP contribution in [0.15, 0.2) is 0 Å². The Kier molecular flexibility index (Phi) is 43.7. The first-order valence-electron chi connectivity index (χ1n) is 25.8. The van der Waals surface area contributed by atoms with Gasteiger partial charge < -0.3 is 14.2 Å². The monoisotopic (exact) mass is 821 g/mol. The van der Waals surface area contributed by atoms with Gasteiger partial charge in [0.2, 0.25) is 0 Å². The molecule has 0 radical (unpaired) electrons. The zero-order chi connectivity index (χ0) is 42.6. The molecule has 0 spiro atoms. The molecule has 344 valence electrons. The van der Waals surface area contributed by atoms with E-state index in [4.69, 9.17) is 14.2 Å². The van der Waals surface area contributed by atoms with Crippen molar-refractivity contribution < 1.29 is 28.6 Å². The van der Waals surface area contributed by atoms with Crippen molar-refractivity contribution in [2.45, 2.75) is 291 Å². The molecule has 0 saturated heterocycles. The molecule has 0 rings (SSSR count). The van der Waals surface area contributed by atoms with E-state index >= 15 is 0 Å². The van der Waals surface area contributed by atoms with Crippen molar-refractivity contribution in [3.63, 3.8) is 0 Å². The van der Waals surface area contributed by atoms with E-state index in [1.165, 1.54) is 173 Å². The third-order valence-electron chi connectivity index (χ3n) is 12.1. The molecule has 0 saturated carbocycles. The van der Waals surface area contributed by atoms with Crippen LogP contribution in [0.3, 0.4) is 0 Å². The van der Waals surface area contributed by atoms with Gasteiger partial charge in [0.15, 0.2) is 6.10 Å². The van der Waals surface area contributed by atoms with Crippen molar-refractivity contribution in [2.24, 2.45) is 11.8 Å². The molecule has 0 aromatic heterocycles. The summed E-state index contributed by atoms with van der Waals surface area (Å²) in [6, 6.07) is 0. The van der Waals surface area contributed by atoms with E-state index < -0.39 is 6.10 Å². The smallest absolute Gasteiger partial charge is 0.306 e. The van der Waals surface area contributed by atoms with Crippen LogP contribution in [-0.2, 0) is 28.6 Å². The molecule has 6 nitrogen and oxygen atoms in total. The molecule has 0 amide bonds. The van der Waals surface area contributed by atoms with Gasteiger partial charge in [0.1, 0.15) is 13.2 Å². The van der Waals surface area contributed by atoms with Crippen LogP contribution in [0.5, 0.6) is 0 Å². The number of carbonyl (C=O) groups is 3. The highest BCUT2D eigenvalue weighted by Crippen LogP contribution is 2.18. The molecular formula is C52H100O6. The lowest BCUT2D eigenvalue weighted by Gasteiger charge is -2.18.